The first-order valence-electron chi connectivity index (χ1n) is 9.48. The minimum absolute atomic E-state index is 0.0895. The second-order valence-electron chi connectivity index (χ2n) is 7.38. The van der Waals surface area contributed by atoms with E-state index in [0.717, 1.165) is 12.8 Å². The van der Waals surface area contributed by atoms with E-state index in [0.29, 0.717) is 47.3 Å². The summed E-state index contributed by atoms with van der Waals surface area (Å²) in [6.45, 7) is -0.0895. The van der Waals surface area contributed by atoms with E-state index in [9.17, 15) is 5.11 Å². The number of fused-ring (bicyclic) bond motifs is 2. The van der Waals surface area contributed by atoms with Gasteiger partial charge in [0, 0.05) is 37.3 Å². The van der Waals surface area contributed by atoms with Crippen molar-refractivity contribution in [1.29, 1.82) is 0 Å². The summed E-state index contributed by atoms with van der Waals surface area (Å²) in [6, 6.07) is 5.07. The first-order valence-corrected chi connectivity index (χ1v) is 9.48. The van der Waals surface area contributed by atoms with Crippen molar-refractivity contribution >= 4 is 17.6 Å². The largest absolute Gasteiger partial charge is 0.481 e. The molecule has 27 heavy (non-hydrogen) atoms. The van der Waals surface area contributed by atoms with Crippen LogP contribution in [0.5, 0.6) is 5.88 Å². The lowest BCUT2D eigenvalue weighted by Crippen LogP contribution is -2.54. The van der Waals surface area contributed by atoms with Crippen LogP contribution in [-0.4, -0.2) is 57.6 Å². The van der Waals surface area contributed by atoms with Gasteiger partial charge in [0.2, 0.25) is 11.8 Å². The van der Waals surface area contributed by atoms with Gasteiger partial charge in [-0.2, -0.15) is 15.1 Å². The molecular formula is C18H27N7O2. The Morgan fingerprint density at radius 2 is 2.00 bits per heavy atom. The van der Waals surface area contributed by atoms with Gasteiger partial charge in [0.1, 0.15) is 5.82 Å². The number of piperidine rings is 2. The minimum Gasteiger partial charge on any atom is -0.481 e. The van der Waals surface area contributed by atoms with Gasteiger partial charge >= 0.3 is 0 Å². The van der Waals surface area contributed by atoms with E-state index >= 15 is 0 Å². The van der Waals surface area contributed by atoms with Crippen molar-refractivity contribution in [2.24, 2.45) is 0 Å². The maximum absolute atomic E-state index is 9.17. The molecule has 2 aliphatic heterocycles. The van der Waals surface area contributed by atoms with Crippen molar-refractivity contribution < 1.29 is 9.84 Å². The summed E-state index contributed by atoms with van der Waals surface area (Å²) in [6.07, 6.45) is 6.03. The Hall–Kier alpha value is -2.39. The molecule has 0 radical (unpaired) electrons. The molecule has 2 bridgehead atoms. The molecule has 146 valence electrons. The summed E-state index contributed by atoms with van der Waals surface area (Å²) < 4.78 is 5.37. The van der Waals surface area contributed by atoms with Gasteiger partial charge in [0.15, 0.2) is 5.82 Å². The Morgan fingerprint density at radius 3 is 2.67 bits per heavy atom. The van der Waals surface area contributed by atoms with Crippen molar-refractivity contribution in [2.45, 2.75) is 56.8 Å². The number of aliphatic hydroxyl groups excluding tert-OH is 1. The topological polar surface area (TPSA) is 111 Å². The lowest BCUT2D eigenvalue weighted by Gasteiger charge is -2.43. The summed E-state index contributed by atoms with van der Waals surface area (Å²) >= 11 is 0. The number of nitrogens with zero attached hydrogens (tertiary/aromatic N) is 4. The molecule has 3 atom stereocenters. The van der Waals surface area contributed by atoms with Gasteiger partial charge in [-0.15, -0.1) is 0 Å². The van der Waals surface area contributed by atoms with Crippen molar-refractivity contribution in [3.8, 4) is 5.88 Å². The van der Waals surface area contributed by atoms with Gasteiger partial charge in [-0.05, 0) is 25.7 Å². The first kappa shape index (κ1) is 18.0. The van der Waals surface area contributed by atoms with E-state index < -0.39 is 0 Å². The molecule has 4 heterocycles. The molecule has 2 aromatic rings. The smallest absolute Gasteiger partial charge is 0.230 e. The third-order valence-corrected chi connectivity index (χ3v) is 5.51. The molecule has 9 nitrogen and oxygen atoms in total. The first-order chi connectivity index (χ1) is 13.1. The maximum Gasteiger partial charge on any atom is 0.230 e. The van der Waals surface area contributed by atoms with Gasteiger partial charge < -0.3 is 25.4 Å². The van der Waals surface area contributed by atoms with Crippen molar-refractivity contribution in [3.05, 3.63) is 17.8 Å². The molecule has 0 saturated carbocycles. The highest BCUT2D eigenvalue weighted by Gasteiger charge is 2.34. The van der Waals surface area contributed by atoms with Crippen LogP contribution in [0.4, 0.5) is 17.6 Å². The summed E-state index contributed by atoms with van der Waals surface area (Å²) in [4.78, 5) is 11.4. The number of ether oxygens (including phenoxy) is 1. The monoisotopic (exact) mass is 373 g/mol. The fraction of sp³-hybridized carbons (Fsp3) is 0.611. The number of H-pyrrole nitrogens is 1. The molecule has 2 saturated heterocycles. The maximum atomic E-state index is 9.17. The Balaban J connectivity index is 1.54. The third kappa shape index (κ3) is 3.98. The number of nitrogens with one attached hydrogen (secondary N) is 3. The predicted octanol–water partition coefficient (Wildman–Crippen LogP) is 1.55. The normalized spacial score (nSPS) is 24.5. The van der Waals surface area contributed by atoms with Gasteiger partial charge in [-0.1, -0.05) is 6.42 Å². The fourth-order valence-electron chi connectivity index (χ4n) is 4.09. The highest BCUT2D eigenvalue weighted by molar-refractivity contribution is 5.55. The predicted molar refractivity (Wildman–Crippen MR) is 102 cm³/mol. The Labute approximate surface area is 158 Å². The van der Waals surface area contributed by atoms with Crippen LogP contribution in [-0.2, 0) is 6.61 Å². The molecule has 2 aliphatic rings. The van der Waals surface area contributed by atoms with Crippen molar-refractivity contribution in [1.82, 2.24) is 25.5 Å². The average Bonchev–Trinajstić information content (AvgIpc) is 3.14. The molecule has 2 aromatic heterocycles. The molecule has 4 rings (SSSR count). The summed E-state index contributed by atoms with van der Waals surface area (Å²) in [7, 11) is 3.66. The summed E-state index contributed by atoms with van der Waals surface area (Å²) in [5.41, 5.74) is 0.636. The van der Waals surface area contributed by atoms with Crippen LogP contribution >= 0.6 is 0 Å². The number of aliphatic hydroxyl groups is 1. The fourth-order valence-corrected chi connectivity index (χ4v) is 4.09. The number of hydrogen-bond donors (Lipinski definition) is 4. The molecule has 0 aliphatic carbocycles. The van der Waals surface area contributed by atoms with Crippen molar-refractivity contribution in [2.75, 3.05) is 24.4 Å². The number of rotatable bonds is 6. The van der Waals surface area contributed by atoms with Gasteiger partial charge in [-0.25, -0.2) is 0 Å². The minimum atomic E-state index is -0.0895. The van der Waals surface area contributed by atoms with E-state index in [1.54, 1.807) is 19.2 Å². The van der Waals surface area contributed by atoms with Crippen LogP contribution in [0.2, 0.25) is 0 Å². The van der Waals surface area contributed by atoms with E-state index in [-0.39, 0.29) is 6.61 Å². The molecule has 0 aromatic carbocycles. The van der Waals surface area contributed by atoms with Gasteiger partial charge in [0.05, 0.1) is 19.4 Å². The number of hydrogen-bond acceptors (Lipinski definition) is 8. The van der Waals surface area contributed by atoms with Crippen LogP contribution in [0, 0.1) is 0 Å². The van der Waals surface area contributed by atoms with Crippen LogP contribution < -0.4 is 20.3 Å². The zero-order chi connectivity index (χ0) is 18.8. The molecule has 9 heteroatoms. The highest BCUT2D eigenvalue weighted by atomic mass is 16.5. The summed E-state index contributed by atoms with van der Waals surface area (Å²) in [5, 5.41) is 22.9. The van der Waals surface area contributed by atoms with Crippen LogP contribution in [0.3, 0.4) is 0 Å². The van der Waals surface area contributed by atoms with Gasteiger partial charge in [0.25, 0.3) is 0 Å². The molecule has 4 N–H and O–H groups in total. The quantitative estimate of drug-likeness (QED) is 0.604. The number of anilines is 3. The van der Waals surface area contributed by atoms with Gasteiger partial charge in [-0.3, -0.25) is 5.10 Å². The van der Waals surface area contributed by atoms with E-state index in [2.05, 4.69) is 42.7 Å². The Kier molecular flexibility index (Phi) is 5.13. The third-order valence-electron chi connectivity index (χ3n) is 5.51. The lowest BCUT2D eigenvalue weighted by atomic mass is 9.83. The van der Waals surface area contributed by atoms with Crippen molar-refractivity contribution in [3.63, 3.8) is 0 Å². The lowest BCUT2D eigenvalue weighted by molar-refractivity contribution is 0.218. The van der Waals surface area contributed by atoms with Crippen LogP contribution in [0.15, 0.2) is 12.1 Å². The second-order valence-corrected chi connectivity index (χ2v) is 7.38. The molecule has 2 fully saturated rings. The van der Waals surface area contributed by atoms with E-state index in [4.69, 9.17) is 4.74 Å². The summed E-state index contributed by atoms with van der Waals surface area (Å²) in [5.74, 6) is 2.33. The SMILES string of the molecule is COc1cc(Nc2cc(CO)[nH]n2)nc(N(C)[C@@H]2C[C@H]3CCC[C@@H](C2)N3)n1. The zero-order valence-electron chi connectivity index (χ0n) is 15.8. The molecule has 0 unspecified atom stereocenters. The highest BCUT2D eigenvalue weighted by Crippen LogP contribution is 2.30. The average molecular weight is 373 g/mol. The van der Waals surface area contributed by atoms with E-state index in [1.165, 1.54) is 19.3 Å². The number of aromatic amines is 1. The second kappa shape index (κ2) is 7.69. The molecular weight excluding hydrogens is 346 g/mol. The molecule has 0 spiro atoms. The standard InChI is InChI=1S/C18H27N7O2/c1-25(14-6-11-4-3-5-12(7-14)19-11)18-21-15(9-17(22-18)27-2)20-16-8-13(10-26)23-24-16/h8-9,11-12,14,19,26H,3-7,10H2,1-2H3,(H2,20,21,22,23,24)/t11-,12+,14-. The molecule has 0 amide bonds. The van der Waals surface area contributed by atoms with Crippen LogP contribution in [0.1, 0.15) is 37.8 Å². The van der Waals surface area contributed by atoms with Crippen LogP contribution in [0.25, 0.3) is 0 Å². The Bertz CT molecular complexity index is 769. The zero-order valence-corrected chi connectivity index (χ0v) is 15.8. The number of aromatic nitrogens is 4. The number of methoxy groups -OCH3 is 1. The van der Waals surface area contributed by atoms with E-state index in [1.807, 2.05) is 0 Å². The Morgan fingerprint density at radius 1 is 1.22 bits per heavy atom.